The first-order valence-corrected chi connectivity index (χ1v) is 6.78. The Labute approximate surface area is 135 Å². The van der Waals surface area contributed by atoms with Crippen molar-refractivity contribution in [1.82, 2.24) is 5.32 Å². The van der Waals surface area contributed by atoms with Crippen LogP contribution in [0.4, 0.5) is 0 Å². The lowest BCUT2D eigenvalue weighted by atomic mass is 10.3. The molecule has 1 amide bonds. The Hall–Kier alpha value is -1.21. The molecule has 0 saturated heterocycles. The lowest BCUT2D eigenvalue weighted by molar-refractivity contribution is -0.150. The van der Waals surface area contributed by atoms with Crippen LogP contribution in [-0.2, 0) is 14.3 Å². The molecule has 0 saturated carbocycles. The van der Waals surface area contributed by atoms with Crippen LogP contribution in [0, 0.1) is 0 Å². The van der Waals surface area contributed by atoms with Crippen molar-refractivity contribution < 1.29 is 24.2 Å². The number of aliphatic hydroxyl groups is 1. The number of hydrogen-bond donors (Lipinski definition) is 2. The van der Waals surface area contributed by atoms with Crippen LogP contribution in [0.15, 0.2) is 12.1 Å². The molecule has 0 aliphatic rings. The van der Waals surface area contributed by atoms with Gasteiger partial charge >= 0.3 is 5.97 Å². The molecule has 1 rings (SSSR count). The standard InChI is InChI=1S/C12H12Cl3NO5/c1-20-12(19)9(17)4-16-11(18)5-21-10-3-7(14)6(13)2-8(10)15/h2-3,9,17H,4-5H2,1H3,(H,16,18). The van der Waals surface area contributed by atoms with E-state index in [4.69, 9.17) is 39.5 Å². The second-order valence-corrected chi connectivity index (χ2v) is 5.05. The van der Waals surface area contributed by atoms with Crippen molar-refractivity contribution >= 4 is 46.7 Å². The van der Waals surface area contributed by atoms with E-state index in [2.05, 4.69) is 10.1 Å². The molecule has 1 aromatic rings. The van der Waals surface area contributed by atoms with Crippen molar-refractivity contribution in [2.24, 2.45) is 0 Å². The number of amides is 1. The molecule has 1 aromatic carbocycles. The van der Waals surface area contributed by atoms with Crippen molar-refractivity contribution in [3.05, 3.63) is 27.2 Å². The number of carbonyl (C=O) groups excluding carboxylic acids is 2. The molecule has 0 aliphatic heterocycles. The SMILES string of the molecule is COC(=O)C(O)CNC(=O)COc1cc(Cl)c(Cl)cc1Cl. The molecule has 6 nitrogen and oxygen atoms in total. The van der Waals surface area contributed by atoms with E-state index in [9.17, 15) is 14.7 Å². The fourth-order valence-electron chi connectivity index (χ4n) is 1.24. The number of aliphatic hydroxyl groups excluding tert-OH is 1. The Morgan fingerprint density at radius 3 is 2.48 bits per heavy atom. The molecular formula is C12H12Cl3NO5. The van der Waals surface area contributed by atoms with Gasteiger partial charge in [-0.05, 0) is 6.07 Å². The largest absolute Gasteiger partial charge is 0.482 e. The van der Waals surface area contributed by atoms with Crippen molar-refractivity contribution in [3.63, 3.8) is 0 Å². The Morgan fingerprint density at radius 2 is 1.86 bits per heavy atom. The number of rotatable bonds is 6. The Bertz CT molecular complexity index is 538. The molecule has 0 heterocycles. The summed E-state index contributed by atoms with van der Waals surface area (Å²) < 4.78 is 9.47. The second kappa shape index (κ2) is 8.29. The molecule has 1 atom stereocenters. The second-order valence-electron chi connectivity index (χ2n) is 3.83. The van der Waals surface area contributed by atoms with E-state index in [1.807, 2.05) is 0 Å². The molecule has 116 valence electrons. The van der Waals surface area contributed by atoms with Gasteiger partial charge < -0.3 is 19.9 Å². The topological polar surface area (TPSA) is 84.9 Å². The van der Waals surface area contributed by atoms with Gasteiger partial charge in [-0.1, -0.05) is 34.8 Å². The van der Waals surface area contributed by atoms with Gasteiger partial charge in [0.1, 0.15) is 5.75 Å². The molecule has 0 radical (unpaired) electrons. The zero-order valence-corrected chi connectivity index (χ0v) is 13.1. The minimum absolute atomic E-state index is 0.190. The van der Waals surface area contributed by atoms with Crippen LogP contribution in [-0.4, -0.2) is 43.3 Å². The van der Waals surface area contributed by atoms with Gasteiger partial charge in [-0.2, -0.15) is 0 Å². The molecular weight excluding hydrogens is 344 g/mol. The average molecular weight is 357 g/mol. The molecule has 21 heavy (non-hydrogen) atoms. The monoisotopic (exact) mass is 355 g/mol. The van der Waals surface area contributed by atoms with Crippen LogP contribution >= 0.6 is 34.8 Å². The fraction of sp³-hybridized carbons (Fsp3) is 0.333. The number of ether oxygens (including phenoxy) is 2. The van der Waals surface area contributed by atoms with E-state index in [1.165, 1.54) is 12.1 Å². The van der Waals surface area contributed by atoms with Gasteiger partial charge in [-0.15, -0.1) is 0 Å². The molecule has 0 fully saturated rings. The summed E-state index contributed by atoms with van der Waals surface area (Å²) in [5.74, 6) is -1.21. The third kappa shape index (κ3) is 5.59. The zero-order chi connectivity index (χ0) is 16.0. The first-order chi connectivity index (χ1) is 9.85. The van der Waals surface area contributed by atoms with Gasteiger partial charge in [0.05, 0.1) is 28.7 Å². The Morgan fingerprint density at radius 1 is 1.24 bits per heavy atom. The third-order valence-electron chi connectivity index (χ3n) is 2.30. The van der Waals surface area contributed by atoms with Gasteiger partial charge in [0.2, 0.25) is 0 Å². The van der Waals surface area contributed by atoms with E-state index in [0.29, 0.717) is 0 Å². The summed E-state index contributed by atoms with van der Waals surface area (Å²) >= 11 is 17.4. The smallest absolute Gasteiger partial charge is 0.336 e. The Kier molecular flexibility index (Phi) is 7.04. The molecule has 1 unspecified atom stereocenters. The summed E-state index contributed by atoms with van der Waals surface area (Å²) in [5, 5.41) is 12.3. The maximum atomic E-state index is 11.5. The van der Waals surface area contributed by atoms with Crippen LogP contribution in [0.1, 0.15) is 0 Å². The van der Waals surface area contributed by atoms with Crippen LogP contribution in [0.25, 0.3) is 0 Å². The molecule has 0 spiro atoms. The number of nitrogens with one attached hydrogen (secondary N) is 1. The molecule has 0 aromatic heterocycles. The minimum Gasteiger partial charge on any atom is -0.482 e. The predicted molar refractivity (Wildman–Crippen MR) is 78.0 cm³/mol. The van der Waals surface area contributed by atoms with E-state index in [-0.39, 0.29) is 34.0 Å². The number of hydrogen-bond acceptors (Lipinski definition) is 5. The van der Waals surface area contributed by atoms with Crippen molar-refractivity contribution in [3.8, 4) is 5.75 Å². The highest BCUT2D eigenvalue weighted by atomic mass is 35.5. The van der Waals surface area contributed by atoms with Gasteiger partial charge in [-0.25, -0.2) is 4.79 Å². The predicted octanol–water partition coefficient (Wildman–Crippen LogP) is 1.68. The number of benzene rings is 1. The van der Waals surface area contributed by atoms with Gasteiger partial charge in [0, 0.05) is 6.07 Å². The zero-order valence-electron chi connectivity index (χ0n) is 10.9. The van der Waals surface area contributed by atoms with Gasteiger partial charge in [-0.3, -0.25) is 4.79 Å². The normalized spacial score (nSPS) is 11.7. The maximum Gasteiger partial charge on any atom is 0.336 e. The van der Waals surface area contributed by atoms with Gasteiger partial charge in [0.25, 0.3) is 5.91 Å². The summed E-state index contributed by atoms with van der Waals surface area (Å²) in [6.07, 6.45) is -1.44. The van der Waals surface area contributed by atoms with E-state index in [0.717, 1.165) is 7.11 Å². The van der Waals surface area contributed by atoms with Crippen molar-refractivity contribution in [1.29, 1.82) is 0 Å². The number of methoxy groups -OCH3 is 1. The number of esters is 1. The molecule has 9 heteroatoms. The summed E-state index contributed by atoms with van der Waals surface area (Å²) in [5.41, 5.74) is 0. The summed E-state index contributed by atoms with van der Waals surface area (Å²) in [7, 11) is 1.13. The summed E-state index contributed by atoms with van der Waals surface area (Å²) in [6.45, 7) is -0.657. The van der Waals surface area contributed by atoms with Crippen LogP contribution < -0.4 is 10.1 Å². The lowest BCUT2D eigenvalue weighted by Crippen LogP contribution is -2.39. The average Bonchev–Trinajstić information content (AvgIpc) is 2.46. The highest BCUT2D eigenvalue weighted by molar-refractivity contribution is 6.43. The Balaban J connectivity index is 2.47. The first kappa shape index (κ1) is 17.8. The van der Waals surface area contributed by atoms with Gasteiger partial charge in [0.15, 0.2) is 12.7 Å². The van der Waals surface area contributed by atoms with Crippen molar-refractivity contribution in [2.45, 2.75) is 6.10 Å². The quantitative estimate of drug-likeness (QED) is 0.598. The van der Waals surface area contributed by atoms with Crippen LogP contribution in [0.5, 0.6) is 5.75 Å². The maximum absolute atomic E-state index is 11.5. The summed E-state index contributed by atoms with van der Waals surface area (Å²) in [6, 6.07) is 2.77. The number of carbonyl (C=O) groups is 2. The lowest BCUT2D eigenvalue weighted by Gasteiger charge is -2.11. The van der Waals surface area contributed by atoms with E-state index < -0.39 is 18.0 Å². The van der Waals surface area contributed by atoms with Crippen molar-refractivity contribution in [2.75, 3.05) is 20.3 Å². The summed E-state index contributed by atoms with van der Waals surface area (Å²) in [4.78, 5) is 22.4. The fourth-order valence-corrected chi connectivity index (χ4v) is 1.83. The molecule has 2 N–H and O–H groups in total. The van der Waals surface area contributed by atoms with Crippen LogP contribution in [0.2, 0.25) is 15.1 Å². The highest BCUT2D eigenvalue weighted by Gasteiger charge is 2.16. The third-order valence-corrected chi connectivity index (χ3v) is 3.32. The highest BCUT2D eigenvalue weighted by Crippen LogP contribution is 2.33. The van der Waals surface area contributed by atoms with Crippen LogP contribution in [0.3, 0.4) is 0 Å². The molecule has 0 bridgehead atoms. The number of halogens is 3. The van der Waals surface area contributed by atoms with E-state index in [1.54, 1.807) is 0 Å². The molecule has 0 aliphatic carbocycles. The van der Waals surface area contributed by atoms with E-state index >= 15 is 0 Å². The minimum atomic E-state index is -1.44. The first-order valence-electron chi connectivity index (χ1n) is 5.65.